The molecule has 1 aromatic carbocycles. The first-order valence-electron chi connectivity index (χ1n) is 7.52. The largest absolute Gasteiger partial charge is 0.351 e. The summed E-state index contributed by atoms with van der Waals surface area (Å²) >= 11 is 5.84. The minimum absolute atomic E-state index is 0.0651. The number of benzene rings is 1. The summed E-state index contributed by atoms with van der Waals surface area (Å²) in [6.45, 7) is 5.84. The van der Waals surface area contributed by atoms with Crippen molar-refractivity contribution in [2.24, 2.45) is 17.6 Å². The highest BCUT2D eigenvalue weighted by molar-refractivity contribution is 6.30. The molecule has 1 saturated heterocycles. The Morgan fingerprint density at radius 2 is 2.14 bits per heavy atom. The molecule has 1 amide bonds. The standard InChI is InChI=1S/C16H24ClN3O/c1-12-6-7-20(10-14(12)8-18)11-16(21)19-9-13-2-4-15(17)5-3-13/h2-5,12,14H,6-11,18H2,1H3,(H,19,21). The predicted octanol–water partition coefficient (Wildman–Crippen LogP) is 1.87. The van der Waals surface area contributed by atoms with Gasteiger partial charge < -0.3 is 11.1 Å². The van der Waals surface area contributed by atoms with Crippen LogP contribution in [0.2, 0.25) is 5.02 Å². The molecule has 21 heavy (non-hydrogen) atoms. The van der Waals surface area contributed by atoms with Gasteiger partial charge in [0.05, 0.1) is 6.54 Å². The molecule has 0 saturated carbocycles. The smallest absolute Gasteiger partial charge is 0.234 e. The van der Waals surface area contributed by atoms with Gasteiger partial charge in [0.15, 0.2) is 0 Å². The van der Waals surface area contributed by atoms with Crippen LogP contribution in [0.4, 0.5) is 0 Å². The number of nitrogens with zero attached hydrogens (tertiary/aromatic N) is 1. The van der Waals surface area contributed by atoms with Gasteiger partial charge in [0.2, 0.25) is 5.91 Å². The maximum Gasteiger partial charge on any atom is 0.234 e. The Balaban J connectivity index is 1.75. The van der Waals surface area contributed by atoms with E-state index in [1.165, 1.54) is 0 Å². The molecule has 3 N–H and O–H groups in total. The molecule has 5 heteroatoms. The van der Waals surface area contributed by atoms with E-state index in [9.17, 15) is 4.79 Å². The van der Waals surface area contributed by atoms with E-state index in [-0.39, 0.29) is 5.91 Å². The Morgan fingerprint density at radius 1 is 1.43 bits per heavy atom. The number of halogens is 1. The molecule has 1 fully saturated rings. The lowest BCUT2D eigenvalue weighted by Crippen LogP contribution is -2.46. The van der Waals surface area contributed by atoms with Crippen molar-refractivity contribution in [1.29, 1.82) is 0 Å². The molecule has 116 valence electrons. The van der Waals surface area contributed by atoms with E-state index in [1.807, 2.05) is 24.3 Å². The molecule has 0 spiro atoms. The van der Waals surface area contributed by atoms with Crippen LogP contribution in [-0.2, 0) is 11.3 Å². The van der Waals surface area contributed by atoms with Crippen molar-refractivity contribution in [3.63, 3.8) is 0 Å². The maximum absolute atomic E-state index is 12.0. The molecular weight excluding hydrogens is 286 g/mol. The second kappa shape index (κ2) is 7.78. The van der Waals surface area contributed by atoms with E-state index in [4.69, 9.17) is 17.3 Å². The number of amides is 1. The van der Waals surface area contributed by atoms with E-state index in [0.717, 1.165) is 25.1 Å². The fourth-order valence-electron chi connectivity index (χ4n) is 2.74. The van der Waals surface area contributed by atoms with Crippen molar-refractivity contribution in [2.45, 2.75) is 19.9 Å². The van der Waals surface area contributed by atoms with E-state index >= 15 is 0 Å². The average molecular weight is 310 g/mol. The number of carbonyl (C=O) groups excluding carboxylic acids is 1. The number of nitrogens with one attached hydrogen (secondary N) is 1. The number of likely N-dealkylation sites (tertiary alicyclic amines) is 1. The van der Waals surface area contributed by atoms with Crippen LogP contribution in [0.5, 0.6) is 0 Å². The van der Waals surface area contributed by atoms with Crippen LogP contribution >= 0.6 is 11.6 Å². The maximum atomic E-state index is 12.0. The van der Waals surface area contributed by atoms with E-state index in [1.54, 1.807) is 0 Å². The van der Waals surface area contributed by atoms with Gasteiger partial charge in [-0.1, -0.05) is 30.7 Å². The Bertz CT molecular complexity index is 463. The van der Waals surface area contributed by atoms with Crippen molar-refractivity contribution in [3.05, 3.63) is 34.9 Å². The lowest BCUT2D eigenvalue weighted by Gasteiger charge is -2.36. The Morgan fingerprint density at radius 3 is 2.81 bits per heavy atom. The Labute approximate surface area is 131 Å². The Hall–Kier alpha value is -1.10. The van der Waals surface area contributed by atoms with Gasteiger partial charge in [-0.05, 0) is 49.0 Å². The van der Waals surface area contributed by atoms with Crippen LogP contribution in [-0.4, -0.2) is 37.0 Å². The summed E-state index contributed by atoms with van der Waals surface area (Å²) in [4.78, 5) is 14.2. The third-order valence-electron chi connectivity index (χ3n) is 4.27. The quantitative estimate of drug-likeness (QED) is 0.873. The van der Waals surface area contributed by atoms with Crippen LogP contribution in [0.3, 0.4) is 0 Å². The molecule has 1 aromatic rings. The van der Waals surface area contributed by atoms with E-state index in [0.29, 0.717) is 36.5 Å². The van der Waals surface area contributed by atoms with Crippen LogP contribution in [0, 0.1) is 11.8 Å². The molecule has 0 aromatic heterocycles. The molecule has 4 nitrogen and oxygen atoms in total. The molecule has 2 unspecified atom stereocenters. The van der Waals surface area contributed by atoms with E-state index in [2.05, 4.69) is 17.1 Å². The summed E-state index contributed by atoms with van der Waals surface area (Å²) in [5, 5.41) is 3.66. The first-order chi connectivity index (χ1) is 10.1. The molecule has 1 heterocycles. The second-order valence-electron chi connectivity index (χ2n) is 5.90. The van der Waals surface area contributed by atoms with Crippen molar-refractivity contribution in [1.82, 2.24) is 10.2 Å². The molecule has 2 atom stereocenters. The van der Waals surface area contributed by atoms with E-state index < -0.39 is 0 Å². The zero-order valence-electron chi connectivity index (χ0n) is 12.5. The third kappa shape index (κ3) is 4.99. The molecule has 0 aliphatic carbocycles. The molecule has 0 radical (unpaired) electrons. The number of carbonyl (C=O) groups is 1. The first-order valence-corrected chi connectivity index (χ1v) is 7.90. The highest BCUT2D eigenvalue weighted by Gasteiger charge is 2.25. The lowest BCUT2D eigenvalue weighted by atomic mass is 9.87. The minimum atomic E-state index is 0.0651. The Kier molecular flexibility index (Phi) is 6.03. The number of hydrogen-bond acceptors (Lipinski definition) is 3. The lowest BCUT2D eigenvalue weighted by molar-refractivity contribution is -0.123. The van der Waals surface area contributed by atoms with Crippen molar-refractivity contribution >= 4 is 17.5 Å². The number of hydrogen-bond donors (Lipinski definition) is 2. The molecule has 1 aliphatic heterocycles. The normalized spacial score (nSPS) is 23.0. The zero-order chi connectivity index (χ0) is 15.2. The topological polar surface area (TPSA) is 58.4 Å². The van der Waals surface area contributed by atoms with Crippen molar-refractivity contribution in [3.8, 4) is 0 Å². The summed E-state index contributed by atoms with van der Waals surface area (Å²) in [6.07, 6.45) is 1.12. The third-order valence-corrected chi connectivity index (χ3v) is 4.52. The minimum Gasteiger partial charge on any atom is -0.351 e. The molecule has 0 bridgehead atoms. The van der Waals surface area contributed by atoms with Gasteiger partial charge in [-0.3, -0.25) is 9.69 Å². The monoisotopic (exact) mass is 309 g/mol. The highest BCUT2D eigenvalue weighted by Crippen LogP contribution is 2.21. The van der Waals surface area contributed by atoms with Crippen LogP contribution in [0.25, 0.3) is 0 Å². The number of piperidine rings is 1. The number of rotatable bonds is 5. The van der Waals surface area contributed by atoms with Crippen LogP contribution < -0.4 is 11.1 Å². The van der Waals surface area contributed by atoms with Gasteiger partial charge in [-0.15, -0.1) is 0 Å². The van der Waals surface area contributed by atoms with Gasteiger partial charge in [0, 0.05) is 18.1 Å². The summed E-state index contributed by atoms with van der Waals surface area (Å²) in [6, 6.07) is 7.52. The first kappa shape index (κ1) is 16.3. The summed E-state index contributed by atoms with van der Waals surface area (Å²) < 4.78 is 0. The second-order valence-corrected chi connectivity index (χ2v) is 6.34. The van der Waals surface area contributed by atoms with Crippen molar-refractivity contribution < 1.29 is 4.79 Å². The zero-order valence-corrected chi connectivity index (χ0v) is 13.3. The average Bonchev–Trinajstić information content (AvgIpc) is 2.48. The highest BCUT2D eigenvalue weighted by atomic mass is 35.5. The van der Waals surface area contributed by atoms with Gasteiger partial charge >= 0.3 is 0 Å². The summed E-state index contributed by atoms with van der Waals surface area (Å²) in [5.74, 6) is 1.22. The molecule has 1 aliphatic rings. The van der Waals surface area contributed by atoms with Gasteiger partial charge in [-0.2, -0.15) is 0 Å². The van der Waals surface area contributed by atoms with Crippen LogP contribution in [0.15, 0.2) is 24.3 Å². The number of nitrogens with two attached hydrogens (primary N) is 1. The fraction of sp³-hybridized carbons (Fsp3) is 0.562. The molecular formula is C16H24ClN3O. The van der Waals surface area contributed by atoms with Crippen molar-refractivity contribution in [2.75, 3.05) is 26.2 Å². The van der Waals surface area contributed by atoms with Crippen LogP contribution in [0.1, 0.15) is 18.9 Å². The predicted molar refractivity (Wildman–Crippen MR) is 86.1 cm³/mol. The molecule has 2 rings (SSSR count). The van der Waals surface area contributed by atoms with Gasteiger partial charge in [0.25, 0.3) is 0 Å². The van der Waals surface area contributed by atoms with Gasteiger partial charge in [-0.25, -0.2) is 0 Å². The SMILES string of the molecule is CC1CCN(CC(=O)NCc2ccc(Cl)cc2)CC1CN. The van der Waals surface area contributed by atoms with Gasteiger partial charge in [0.1, 0.15) is 0 Å². The summed E-state index contributed by atoms with van der Waals surface area (Å²) in [5.41, 5.74) is 6.85. The summed E-state index contributed by atoms with van der Waals surface area (Å²) in [7, 11) is 0. The fourth-order valence-corrected chi connectivity index (χ4v) is 2.86.